The van der Waals surface area contributed by atoms with Crippen LogP contribution in [-0.4, -0.2) is 23.9 Å². The number of anilines is 2. The smallest absolute Gasteiger partial charge is 0.231 e. The van der Waals surface area contributed by atoms with E-state index in [0.717, 1.165) is 5.56 Å². The molecule has 0 radical (unpaired) electrons. The van der Waals surface area contributed by atoms with Crippen molar-refractivity contribution < 1.29 is 18.9 Å². The van der Waals surface area contributed by atoms with Crippen LogP contribution in [0.25, 0.3) is 11.3 Å². The number of nitrogens with zero attached hydrogens (tertiary/aromatic N) is 3. The molecule has 3 aromatic rings. The van der Waals surface area contributed by atoms with Crippen molar-refractivity contribution in [1.82, 2.24) is 9.97 Å². The molecule has 29 heavy (non-hydrogen) atoms. The van der Waals surface area contributed by atoms with Crippen molar-refractivity contribution in [2.45, 2.75) is 6.61 Å². The van der Waals surface area contributed by atoms with E-state index in [1.54, 1.807) is 37.4 Å². The Morgan fingerprint density at radius 2 is 1.93 bits per heavy atom. The zero-order valence-electron chi connectivity index (χ0n) is 15.5. The molecule has 0 fully saturated rings. The maximum atomic E-state index is 9.43. The Bertz CT molecular complexity index is 1130. The minimum atomic E-state index is -0.00882. The Morgan fingerprint density at radius 1 is 1.10 bits per heavy atom. The lowest BCUT2D eigenvalue weighted by Crippen LogP contribution is -2.05. The molecule has 0 unspecified atom stereocenters. The lowest BCUT2D eigenvalue weighted by Gasteiger charge is -2.13. The first-order chi connectivity index (χ1) is 14.1. The number of methoxy groups -OCH3 is 1. The minimum absolute atomic E-state index is 0.00882. The molecule has 2 heterocycles. The number of hydrogen-bond acceptors (Lipinski definition) is 9. The SMILES string of the molecule is COc1ccc(-c2nc(N)nc(N)c2C#N)cc1COc1ccc2c(c1)OCO2. The molecule has 9 heteroatoms. The van der Waals surface area contributed by atoms with Gasteiger partial charge in [-0.25, -0.2) is 4.98 Å². The highest BCUT2D eigenvalue weighted by molar-refractivity contribution is 5.74. The van der Waals surface area contributed by atoms with E-state index in [1.165, 1.54) is 0 Å². The van der Waals surface area contributed by atoms with Gasteiger partial charge in [-0.3, -0.25) is 0 Å². The van der Waals surface area contributed by atoms with Gasteiger partial charge in [0.2, 0.25) is 12.7 Å². The van der Waals surface area contributed by atoms with Gasteiger partial charge in [-0.1, -0.05) is 0 Å². The lowest BCUT2D eigenvalue weighted by atomic mass is 10.0. The van der Waals surface area contributed by atoms with E-state index in [-0.39, 0.29) is 30.7 Å². The second-order valence-electron chi connectivity index (χ2n) is 6.13. The van der Waals surface area contributed by atoms with Crippen LogP contribution in [0.1, 0.15) is 11.1 Å². The average molecular weight is 391 g/mol. The summed E-state index contributed by atoms with van der Waals surface area (Å²) in [6, 6.07) is 12.7. The fraction of sp³-hybridized carbons (Fsp3) is 0.150. The van der Waals surface area contributed by atoms with Crippen molar-refractivity contribution in [3.05, 3.63) is 47.5 Å². The molecule has 1 aliphatic heterocycles. The molecule has 0 spiro atoms. The van der Waals surface area contributed by atoms with Crippen LogP contribution >= 0.6 is 0 Å². The van der Waals surface area contributed by atoms with Crippen LogP contribution in [0.3, 0.4) is 0 Å². The molecular formula is C20H17N5O4. The number of aromatic nitrogens is 2. The summed E-state index contributed by atoms with van der Waals surface area (Å²) in [6.07, 6.45) is 0. The Morgan fingerprint density at radius 3 is 2.72 bits per heavy atom. The molecule has 1 aliphatic rings. The van der Waals surface area contributed by atoms with E-state index in [2.05, 4.69) is 9.97 Å². The van der Waals surface area contributed by atoms with E-state index in [9.17, 15) is 5.26 Å². The van der Waals surface area contributed by atoms with Crippen molar-refractivity contribution in [2.24, 2.45) is 0 Å². The number of ether oxygens (including phenoxy) is 4. The maximum absolute atomic E-state index is 9.43. The van der Waals surface area contributed by atoms with Crippen LogP contribution in [-0.2, 0) is 6.61 Å². The summed E-state index contributed by atoms with van der Waals surface area (Å²) >= 11 is 0. The molecule has 4 rings (SSSR count). The summed E-state index contributed by atoms with van der Waals surface area (Å²) in [6.45, 7) is 0.412. The van der Waals surface area contributed by atoms with Crippen molar-refractivity contribution >= 4 is 11.8 Å². The molecule has 1 aromatic heterocycles. The van der Waals surface area contributed by atoms with E-state index in [4.69, 9.17) is 30.4 Å². The van der Waals surface area contributed by atoms with E-state index >= 15 is 0 Å². The second-order valence-corrected chi connectivity index (χ2v) is 6.13. The van der Waals surface area contributed by atoms with Gasteiger partial charge in [-0.2, -0.15) is 10.2 Å². The number of nitrogens with two attached hydrogens (primary N) is 2. The van der Waals surface area contributed by atoms with Crippen LogP contribution < -0.4 is 30.4 Å². The van der Waals surface area contributed by atoms with Gasteiger partial charge in [0, 0.05) is 17.2 Å². The fourth-order valence-electron chi connectivity index (χ4n) is 2.98. The van der Waals surface area contributed by atoms with Gasteiger partial charge in [0.25, 0.3) is 0 Å². The third kappa shape index (κ3) is 3.51. The highest BCUT2D eigenvalue weighted by Crippen LogP contribution is 2.36. The number of benzene rings is 2. The highest BCUT2D eigenvalue weighted by atomic mass is 16.7. The molecule has 0 atom stereocenters. The first-order valence-corrected chi connectivity index (χ1v) is 8.62. The van der Waals surface area contributed by atoms with E-state index < -0.39 is 0 Å². The van der Waals surface area contributed by atoms with E-state index in [0.29, 0.717) is 34.3 Å². The number of nitriles is 1. The van der Waals surface area contributed by atoms with Gasteiger partial charge in [0.1, 0.15) is 35.6 Å². The molecule has 4 N–H and O–H groups in total. The van der Waals surface area contributed by atoms with Gasteiger partial charge < -0.3 is 30.4 Å². The van der Waals surface area contributed by atoms with Gasteiger partial charge >= 0.3 is 0 Å². The monoisotopic (exact) mass is 391 g/mol. The predicted molar refractivity (Wildman–Crippen MR) is 104 cm³/mol. The second kappa shape index (κ2) is 7.44. The zero-order valence-corrected chi connectivity index (χ0v) is 15.5. The fourth-order valence-corrected chi connectivity index (χ4v) is 2.98. The summed E-state index contributed by atoms with van der Waals surface area (Å²) in [5, 5.41) is 9.43. The number of nitrogen functional groups attached to an aromatic ring is 2. The molecule has 2 aromatic carbocycles. The lowest BCUT2D eigenvalue weighted by molar-refractivity contribution is 0.173. The Balaban J connectivity index is 1.65. The minimum Gasteiger partial charge on any atom is -0.496 e. The van der Waals surface area contributed by atoms with E-state index in [1.807, 2.05) is 12.1 Å². The van der Waals surface area contributed by atoms with Gasteiger partial charge in [0.15, 0.2) is 11.5 Å². The van der Waals surface area contributed by atoms with Crippen molar-refractivity contribution in [3.8, 4) is 40.3 Å². The van der Waals surface area contributed by atoms with Crippen molar-refractivity contribution in [2.75, 3.05) is 25.4 Å². The van der Waals surface area contributed by atoms with Crippen molar-refractivity contribution in [3.63, 3.8) is 0 Å². The average Bonchev–Trinajstić information content (AvgIpc) is 3.19. The normalized spacial score (nSPS) is 11.7. The first kappa shape index (κ1) is 18.2. The number of hydrogen-bond donors (Lipinski definition) is 2. The Labute approximate surface area is 166 Å². The summed E-state index contributed by atoms with van der Waals surface area (Å²) in [5.41, 5.74) is 13.4. The van der Waals surface area contributed by atoms with Gasteiger partial charge in [0.05, 0.1) is 12.8 Å². The van der Waals surface area contributed by atoms with Crippen LogP contribution in [0.4, 0.5) is 11.8 Å². The quantitative estimate of drug-likeness (QED) is 0.671. The molecule has 0 aliphatic carbocycles. The van der Waals surface area contributed by atoms with Gasteiger partial charge in [-0.15, -0.1) is 0 Å². The first-order valence-electron chi connectivity index (χ1n) is 8.62. The Kier molecular flexibility index (Phi) is 4.66. The van der Waals surface area contributed by atoms with Crippen LogP contribution in [0.5, 0.6) is 23.0 Å². The molecule has 0 amide bonds. The zero-order chi connectivity index (χ0) is 20.4. The molecule has 9 nitrogen and oxygen atoms in total. The van der Waals surface area contributed by atoms with Crippen molar-refractivity contribution in [1.29, 1.82) is 5.26 Å². The van der Waals surface area contributed by atoms with Crippen LogP contribution in [0, 0.1) is 11.3 Å². The predicted octanol–water partition coefficient (Wildman–Crippen LogP) is 2.50. The number of rotatable bonds is 5. The van der Waals surface area contributed by atoms with Crippen LogP contribution in [0.2, 0.25) is 0 Å². The third-order valence-electron chi connectivity index (χ3n) is 4.36. The standard InChI is InChI=1S/C20H17N5O4/c1-26-15-4-2-11(18-14(8-21)19(22)25-20(23)24-18)6-12(15)9-27-13-3-5-16-17(7-13)29-10-28-16/h2-7H,9-10H2,1H3,(H4,22,23,24,25). The Hall–Kier alpha value is -4.19. The largest absolute Gasteiger partial charge is 0.496 e. The highest BCUT2D eigenvalue weighted by Gasteiger charge is 2.17. The summed E-state index contributed by atoms with van der Waals surface area (Å²) in [7, 11) is 1.57. The summed E-state index contributed by atoms with van der Waals surface area (Å²) < 4.78 is 22.0. The summed E-state index contributed by atoms with van der Waals surface area (Å²) in [5.74, 6) is 2.58. The topological polar surface area (TPSA) is 139 Å². The number of fused-ring (bicyclic) bond motifs is 1. The maximum Gasteiger partial charge on any atom is 0.231 e. The molecule has 0 saturated carbocycles. The van der Waals surface area contributed by atoms with Gasteiger partial charge in [-0.05, 0) is 30.3 Å². The molecule has 0 saturated heterocycles. The molecule has 0 bridgehead atoms. The molecular weight excluding hydrogens is 374 g/mol. The molecule has 146 valence electrons. The van der Waals surface area contributed by atoms with Crippen LogP contribution in [0.15, 0.2) is 36.4 Å². The third-order valence-corrected chi connectivity index (χ3v) is 4.36. The summed E-state index contributed by atoms with van der Waals surface area (Å²) in [4.78, 5) is 8.02.